The van der Waals surface area contributed by atoms with Crippen LogP contribution < -0.4 is 15.8 Å². The highest BCUT2D eigenvalue weighted by Gasteiger charge is 2.11. The van der Waals surface area contributed by atoms with Crippen LogP contribution >= 0.6 is 0 Å². The molecule has 5 N–H and O–H groups in total. The highest BCUT2D eigenvalue weighted by atomic mass is 16.5. The van der Waals surface area contributed by atoms with Gasteiger partial charge in [-0.1, -0.05) is 30.3 Å². The number of nitrogens with two attached hydrogens (primary N) is 1. The zero-order chi connectivity index (χ0) is 17.5. The summed E-state index contributed by atoms with van der Waals surface area (Å²) in [5.41, 5.74) is 6.05. The molecule has 0 saturated carbocycles. The third-order valence-electron chi connectivity index (χ3n) is 3.58. The van der Waals surface area contributed by atoms with Crippen LogP contribution in [0.5, 0.6) is 11.5 Å². The van der Waals surface area contributed by atoms with E-state index in [4.69, 9.17) is 10.5 Å². The zero-order valence-electron chi connectivity index (χ0n) is 13.5. The first-order chi connectivity index (χ1) is 11.5. The van der Waals surface area contributed by atoms with E-state index in [1.165, 1.54) is 12.1 Å². The number of aliphatic hydroxyl groups excluding tert-OH is 1. The first-order valence-corrected chi connectivity index (χ1v) is 7.69. The lowest BCUT2D eigenvalue weighted by molar-refractivity contribution is 0.0997. The zero-order valence-corrected chi connectivity index (χ0v) is 13.5. The van der Waals surface area contributed by atoms with E-state index in [1.54, 1.807) is 6.07 Å². The molecule has 0 spiro atoms. The average molecular weight is 330 g/mol. The normalized spacial score (nSPS) is 13.2. The third-order valence-corrected chi connectivity index (χ3v) is 3.58. The molecule has 1 unspecified atom stereocenters. The SMILES string of the molecule is CC(COc1ccc(O)c(C(N)=O)c1)NC[C@H](O)c1ccccc1. The van der Waals surface area contributed by atoms with Gasteiger partial charge in [-0.15, -0.1) is 0 Å². The fourth-order valence-electron chi connectivity index (χ4n) is 2.19. The number of hydrogen-bond acceptors (Lipinski definition) is 5. The summed E-state index contributed by atoms with van der Waals surface area (Å²) in [5, 5.41) is 22.8. The Morgan fingerprint density at radius 1 is 1.25 bits per heavy atom. The summed E-state index contributed by atoms with van der Waals surface area (Å²) in [6, 6.07) is 13.7. The number of hydrogen-bond donors (Lipinski definition) is 4. The second kappa shape index (κ2) is 8.33. The van der Waals surface area contributed by atoms with Crippen molar-refractivity contribution >= 4 is 5.91 Å². The third kappa shape index (κ3) is 4.97. The van der Waals surface area contributed by atoms with Gasteiger partial charge in [0.2, 0.25) is 0 Å². The Bertz CT molecular complexity index is 676. The van der Waals surface area contributed by atoms with Crippen LogP contribution in [0.25, 0.3) is 0 Å². The lowest BCUT2D eigenvalue weighted by atomic mass is 10.1. The van der Waals surface area contributed by atoms with Gasteiger partial charge in [0.25, 0.3) is 5.91 Å². The van der Waals surface area contributed by atoms with E-state index in [-0.39, 0.29) is 17.4 Å². The largest absolute Gasteiger partial charge is 0.507 e. The van der Waals surface area contributed by atoms with Crippen molar-refractivity contribution in [3.63, 3.8) is 0 Å². The lowest BCUT2D eigenvalue weighted by Gasteiger charge is -2.18. The Morgan fingerprint density at radius 3 is 2.62 bits per heavy atom. The average Bonchev–Trinajstić information content (AvgIpc) is 2.59. The maximum absolute atomic E-state index is 11.2. The molecular weight excluding hydrogens is 308 g/mol. The van der Waals surface area contributed by atoms with Crippen molar-refractivity contribution in [1.82, 2.24) is 5.32 Å². The van der Waals surface area contributed by atoms with E-state index in [9.17, 15) is 15.0 Å². The Hall–Kier alpha value is -2.57. The molecule has 24 heavy (non-hydrogen) atoms. The molecule has 6 nitrogen and oxygen atoms in total. The maximum Gasteiger partial charge on any atom is 0.252 e. The van der Waals surface area contributed by atoms with Crippen LogP contribution in [0.1, 0.15) is 28.9 Å². The number of benzene rings is 2. The minimum atomic E-state index is -0.713. The van der Waals surface area contributed by atoms with Crippen molar-refractivity contribution < 1.29 is 19.7 Å². The lowest BCUT2D eigenvalue weighted by Crippen LogP contribution is -2.34. The molecule has 0 bridgehead atoms. The minimum Gasteiger partial charge on any atom is -0.507 e. The van der Waals surface area contributed by atoms with E-state index in [2.05, 4.69) is 5.32 Å². The molecule has 2 rings (SSSR count). The molecule has 0 saturated heterocycles. The molecule has 2 aromatic rings. The number of ether oxygens (including phenoxy) is 1. The Labute approximate surface area is 140 Å². The molecule has 2 aromatic carbocycles. The van der Waals surface area contributed by atoms with Gasteiger partial charge in [-0.25, -0.2) is 0 Å². The Kier molecular flexibility index (Phi) is 6.17. The molecule has 0 radical (unpaired) electrons. The summed E-state index contributed by atoms with van der Waals surface area (Å²) in [4.78, 5) is 11.2. The molecule has 128 valence electrons. The standard InChI is InChI=1S/C18H22N2O4/c1-12(20-10-17(22)13-5-3-2-4-6-13)11-24-14-7-8-16(21)15(9-14)18(19)23/h2-9,12,17,20-22H,10-11H2,1H3,(H2,19,23)/t12?,17-/m0/s1. The summed E-state index contributed by atoms with van der Waals surface area (Å²) in [6.07, 6.45) is -0.594. The first kappa shape index (κ1) is 17.8. The quantitative estimate of drug-likeness (QED) is 0.588. The van der Waals surface area contributed by atoms with Gasteiger partial charge >= 0.3 is 0 Å². The summed E-state index contributed by atoms with van der Waals surface area (Å²) < 4.78 is 5.59. The number of amides is 1. The highest BCUT2D eigenvalue weighted by molar-refractivity contribution is 5.95. The van der Waals surface area contributed by atoms with Gasteiger partial charge in [0.1, 0.15) is 18.1 Å². The number of carbonyl (C=O) groups is 1. The van der Waals surface area contributed by atoms with E-state index >= 15 is 0 Å². The topological polar surface area (TPSA) is 105 Å². The molecule has 1 amide bonds. The van der Waals surface area contributed by atoms with Crippen LogP contribution in [0.15, 0.2) is 48.5 Å². The Balaban J connectivity index is 1.82. The fraction of sp³-hybridized carbons (Fsp3) is 0.278. The fourth-order valence-corrected chi connectivity index (χ4v) is 2.19. The van der Waals surface area contributed by atoms with Crippen LogP contribution in [-0.4, -0.2) is 35.3 Å². The van der Waals surface area contributed by atoms with Crippen molar-refractivity contribution in [3.05, 3.63) is 59.7 Å². The number of rotatable bonds is 8. The van der Waals surface area contributed by atoms with Crippen LogP contribution in [0.3, 0.4) is 0 Å². The van der Waals surface area contributed by atoms with Gasteiger partial charge in [-0.05, 0) is 30.7 Å². The molecule has 0 aliphatic rings. The molecule has 0 aliphatic heterocycles. The molecule has 0 heterocycles. The molecule has 0 fully saturated rings. The number of phenols is 1. The van der Waals surface area contributed by atoms with E-state index in [1.807, 2.05) is 37.3 Å². The highest BCUT2D eigenvalue weighted by Crippen LogP contribution is 2.22. The van der Waals surface area contributed by atoms with Gasteiger partial charge < -0.3 is 26.0 Å². The number of aliphatic hydroxyl groups is 1. The van der Waals surface area contributed by atoms with Gasteiger partial charge in [0, 0.05) is 12.6 Å². The second-order valence-electron chi connectivity index (χ2n) is 5.59. The van der Waals surface area contributed by atoms with Gasteiger partial charge in [-0.2, -0.15) is 0 Å². The predicted molar refractivity (Wildman–Crippen MR) is 91.0 cm³/mol. The van der Waals surface area contributed by atoms with Crippen molar-refractivity contribution in [2.75, 3.05) is 13.2 Å². The Morgan fingerprint density at radius 2 is 1.96 bits per heavy atom. The van der Waals surface area contributed by atoms with Crippen LogP contribution in [0, 0.1) is 0 Å². The summed E-state index contributed by atoms with van der Waals surface area (Å²) in [7, 11) is 0. The summed E-state index contributed by atoms with van der Waals surface area (Å²) in [6.45, 7) is 2.66. The molecule has 2 atom stereocenters. The maximum atomic E-state index is 11.2. The summed E-state index contributed by atoms with van der Waals surface area (Å²) >= 11 is 0. The van der Waals surface area contributed by atoms with Crippen LogP contribution in [-0.2, 0) is 0 Å². The van der Waals surface area contributed by atoms with Crippen molar-refractivity contribution in [2.45, 2.75) is 19.1 Å². The number of carbonyl (C=O) groups excluding carboxylic acids is 1. The second-order valence-corrected chi connectivity index (χ2v) is 5.59. The van der Waals surface area contributed by atoms with E-state index < -0.39 is 12.0 Å². The molecule has 0 aliphatic carbocycles. The van der Waals surface area contributed by atoms with E-state index in [0.29, 0.717) is 18.9 Å². The van der Waals surface area contributed by atoms with Gasteiger partial charge in [0.15, 0.2) is 0 Å². The first-order valence-electron chi connectivity index (χ1n) is 7.69. The molecule has 6 heteroatoms. The summed E-state index contributed by atoms with van der Waals surface area (Å²) in [5.74, 6) is -0.444. The van der Waals surface area contributed by atoms with Crippen molar-refractivity contribution in [3.8, 4) is 11.5 Å². The van der Waals surface area contributed by atoms with E-state index in [0.717, 1.165) is 5.56 Å². The van der Waals surface area contributed by atoms with Crippen molar-refractivity contribution in [1.29, 1.82) is 0 Å². The number of nitrogens with one attached hydrogen (secondary N) is 1. The number of primary amides is 1. The van der Waals surface area contributed by atoms with Gasteiger partial charge in [0.05, 0.1) is 11.7 Å². The van der Waals surface area contributed by atoms with Crippen LogP contribution in [0.2, 0.25) is 0 Å². The predicted octanol–water partition coefficient (Wildman–Crippen LogP) is 1.58. The number of aromatic hydroxyl groups is 1. The van der Waals surface area contributed by atoms with Crippen molar-refractivity contribution in [2.24, 2.45) is 5.73 Å². The minimum absolute atomic E-state index is 0.0193. The van der Waals surface area contributed by atoms with Crippen LogP contribution in [0.4, 0.5) is 0 Å². The molecular formula is C18H22N2O4. The molecule has 0 aromatic heterocycles. The van der Waals surface area contributed by atoms with Gasteiger partial charge in [-0.3, -0.25) is 4.79 Å². The smallest absolute Gasteiger partial charge is 0.252 e. The monoisotopic (exact) mass is 330 g/mol.